The third kappa shape index (κ3) is 2.67. The van der Waals surface area contributed by atoms with E-state index in [1.807, 2.05) is 0 Å². The van der Waals surface area contributed by atoms with E-state index in [9.17, 15) is 0 Å². The number of ether oxygens (including phenoxy) is 1. The summed E-state index contributed by atoms with van der Waals surface area (Å²) >= 11 is 1.80. The predicted molar refractivity (Wildman–Crippen MR) is 68.7 cm³/mol. The van der Waals surface area contributed by atoms with E-state index in [1.165, 1.54) is 6.33 Å². The van der Waals surface area contributed by atoms with E-state index in [-0.39, 0.29) is 5.54 Å². The summed E-state index contributed by atoms with van der Waals surface area (Å²) in [5.41, 5.74) is 0.215. The molecule has 3 heterocycles. The number of amidine groups is 1. The van der Waals surface area contributed by atoms with Gasteiger partial charge in [0.1, 0.15) is 0 Å². The van der Waals surface area contributed by atoms with Crippen LogP contribution in [0.4, 0.5) is 0 Å². The topological polar surface area (TPSA) is 72.5 Å². The van der Waals surface area contributed by atoms with Crippen molar-refractivity contribution in [2.24, 2.45) is 4.99 Å². The van der Waals surface area contributed by atoms with Gasteiger partial charge in [-0.1, -0.05) is 16.9 Å². The van der Waals surface area contributed by atoms with Crippen molar-refractivity contribution < 1.29 is 9.26 Å². The van der Waals surface area contributed by atoms with Crippen LogP contribution >= 0.6 is 11.8 Å². The molecule has 1 aromatic rings. The molecule has 0 aliphatic carbocycles. The molecule has 2 saturated heterocycles. The lowest BCUT2D eigenvalue weighted by Gasteiger charge is -2.32. The van der Waals surface area contributed by atoms with Gasteiger partial charge in [0.2, 0.25) is 5.89 Å². The lowest BCUT2D eigenvalue weighted by molar-refractivity contribution is 0.0555. The first-order valence-electron chi connectivity index (χ1n) is 6.15. The van der Waals surface area contributed by atoms with Gasteiger partial charge < -0.3 is 14.6 Å². The molecule has 2 aliphatic rings. The molecule has 0 unspecified atom stereocenters. The van der Waals surface area contributed by atoms with Crippen LogP contribution < -0.4 is 5.32 Å². The van der Waals surface area contributed by atoms with Crippen molar-refractivity contribution in [1.29, 1.82) is 0 Å². The molecular weight excluding hydrogens is 252 g/mol. The van der Waals surface area contributed by atoms with Gasteiger partial charge in [0.05, 0.1) is 12.1 Å². The van der Waals surface area contributed by atoms with Gasteiger partial charge in [0, 0.05) is 25.4 Å². The Morgan fingerprint density at radius 3 is 3.11 bits per heavy atom. The lowest BCUT2D eigenvalue weighted by Crippen LogP contribution is -2.48. The van der Waals surface area contributed by atoms with Crippen LogP contribution in [0.15, 0.2) is 15.8 Å². The van der Waals surface area contributed by atoms with Crippen molar-refractivity contribution in [2.45, 2.75) is 24.8 Å². The predicted octanol–water partition coefficient (Wildman–Crippen LogP) is 0.854. The minimum atomic E-state index is 0.215. The SMILES string of the molecule is c1noc(CCN=C2NC3(CCOCC3)CS2)n1. The fraction of sp³-hybridized carbons (Fsp3) is 0.727. The fourth-order valence-electron chi connectivity index (χ4n) is 2.18. The number of nitrogens with one attached hydrogen (secondary N) is 1. The van der Waals surface area contributed by atoms with Crippen LogP contribution in [0.1, 0.15) is 18.7 Å². The number of aliphatic imine (C=N–C) groups is 1. The second kappa shape index (κ2) is 5.27. The Bertz CT molecular complexity index is 415. The summed E-state index contributed by atoms with van der Waals surface area (Å²) in [4.78, 5) is 8.52. The third-order valence-electron chi connectivity index (χ3n) is 3.30. The van der Waals surface area contributed by atoms with Gasteiger partial charge in [-0.05, 0) is 12.8 Å². The molecule has 98 valence electrons. The highest BCUT2D eigenvalue weighted by atomic mass is 32.2. The standard InChI is InChI=1S/C11H16N4O2S/c1(9-13-8-14-17-9)4-12-10-15-11(7-18-10)2-5-16-6-3-11/h8H,1-7H2,(H,12,15). The van der Waals surface area contributed by atoms with E-state index >= 15 is 0 Å². The van der Waals surface area contributed by atoms with E-state index in [4.69, 9.17) is 9.26 Å². The summed E-state index contributed by atoms with van der Waals surface area (Å²) in [6, 6.07) is 0. The van der Waals surface area contributed by atoms with Crippen LogP contribution in [0.3, 0.4) is 0 Å². The summed E-state index contributed by atoms with van der Waals surface area (Å²) in [5.74, 6) is 1.73. The highest BCUT2D eigenvalue weighted by molar-refractivity contribution is 8.14. The van der Waals surface area contributed by atoms with Gasteiger partial charge in [0.15, 0.2) is 11.5 Å². The number of nitrogens with zero attached hydrogens (tertiary/aromatic N) is 3. The minimum absolute atomic E-state index is 0.215. The number of rotatable bonds is 3. The Balaban J connectivity index is 1.51. The molecule has 1 aromatic heterocycles. The summed E-state index contributed by atoms with van der Waals surface area (Å²) in [6.07, 6.45) is 4.26. The highest BCUT2D eigenvalue weighted by Crippen LogP contribution is 2.31. The van der Waals surface area contributed by atoms with Crippen LogP contribution in [0.5, 0.6) is 0 Å². The minimum Gasteiger partial charge on any atom is -0.381 e. The molecule has 0 aromatic carbocycles. The molecule has 18 heavy (non-hydrogen) atoms. The molecule has 1 spiro atoms. The third-order valence-corrected chi connectivity index (χ3v) is 4.50. The lowest BCUT2D eigenvalue weighted by atomic mass is 9.93. The molecule has 2 fully saturated rings. The van der Waals surface area contributed by atoms with Crippen LogP contribution in [-0.4, -0.2) is 46.4 Å². The molecule has 3 rings (SSSR count). The average molecular weight is 268 g/mol. The largest absolute Gasteiger partial charge is 0.381 e. The Hall–Kier alpha value is -1.08. The first-order chi connectivity index (χ1) is 8.86. The summed E-state index contributed by atoms with van der Waals surface area (Å²) in [5, 5.41) is 8.16. The number of thioether (sulfide) groups is 1. The van der Waals surface area contributed by atoms with E-state index in [2.05, 4.69) is 20.4 Å². The Morgan fingerprint density at radius 1 is 1.44 bits per heavy atom. The molecule has 0 atom stereocenters. The van der Waals surface area contributed by atoms with Crippen molar-refractivity contribution in [3.63, 3.8) is 0 Å². The first-order valence-corrected chi connectivity index (χ1v) is 7.14. The Kier molecular flexibility index (Phi) is 3.51. The summed E-state index contributed by atoms with van der Waals surface area (Å²) in [7, 11) is 0. The average Bonchev–Trinajstić information content (AvgIpc) is 3.02. The molecule has 0 bridgehead atoms. The fourth-order valence-corrected chi connectivity index (χ4v) is 3.43. The molecule has 0 radical (unpaired) electrons. The molecule has 7 heteroatoms. The maximum absolute atomic E-state index is 5.40. The normalized spacial score (nSPS) is 24.6. The maximum atomic E-state index is 5.40. The molecular formula is C11H16N4O2S. The highest BCUT2D eigenvalue weighted by Gasteiger charge is 2.38. The molecule has 0 saturated carbocycles. The van der Waals surface area contributed by atoms with Gasteiger partial charge in [0.25, 0.3) is 0 Å². The van der Waals surface area contributed by atoms with Crippen molar-refractivity contribution in [3.05, 3.63) is 12.2 Å². The summed E-state index contributed by atoms with van der Waals surface area (Å²) in [6.45, 7) is 2.38. The zero-order chi connectivity index (χ0) is 12.3. The number of hydrogen-bond acceptors (Lipinski definition) is 6. The maximum Gasteiger partial charge on any atom is 0.228 e. The van der Waals surface area contributed by atoms with E-state index < -0.39 is 0 Å². The van der Waals surface area contributed by atoms with Gasteiger partial charge in [-0.25, -0.2) is 0 Å². The van der Waals surface area contributed by atoms with Crippen LogP contribution in [0.25, 0.3) is 0 Å². The second-order valence-electron chi connectivity index (χ2n) is 4.58. The van der Waals surface area contributed by atoms with E-state index in [1.54, 1.807) is 11.8 Å². The van der Waals surface area contributed by atoms with Gasteiger partial charge in [-0.15, -0.1) is 0 Å². The zero-order valence-corrected chi connectivity index (χ0v) is 10.9. The van der Waals surface area contributed by atoms with Crippen LogP contribution in [0.2, 0.25) is 0 Å². The monoisotopic (exact) mass is 268 g/mol. The molecule has 6 nitrogen and oxygen atoms in total. The zero-order valence-electron chi connectivity index (χ0n) is 10.1. The van der Waals surface area contributed by atoms with Crippen molar-refractivity contribution in [1.82, 2.24) is 15.5 Å². The van der Waals surface area contributed by atoms with E-state index in [0.29, 0.717) is 18.9 Å². The van der Waals surface area contributed by atoms with Crippen molar-refractivity contribution in [2.75, 3.05) is 25.5 Å². The summed E-state index contributed by atoms with van der Waals surface area (Å²) < 4.78 is 10.3. The van der Waals surface area contributed by atoms with Crippen LogP contribution in [0, 0.1) is 0 Å². The molecule has 0 amide bonds. The smallest absolute Gasteiger partial charge is 0.228 e. The quantitative estimate of drug-likeness (QED) is 0.876. The Morgan fingerprint density at radius 2 is 2.33 bits per heavy atom. The molecule has 1 N–H and O–H groups in total. The molecule has 2 aliphatic heterocycles. The Labute approximate surface area is 110 Å². The van der Waals surface area contributed by atoms with Gasteiger partial charge in [-0.3, -0.25) is 4.99 Å². The van der Waals surface area contributed by atoms with Crippen LogP contribution in [-0.2, 0) is 11.2 Å². The second-order valence-corrected chi connectivity index (χ2v) is 5.54. The van der Waals surface area contributed by atoms with Crippen molar-refractivity contribution in [3.8, 4) is 0 Å². The van der Waals surface area contributed by atoms with Gasteiger partial charge >= 0.3 is 0 Å². The first kappa shape index (κ1) is 12.0. The number of aromatic nitrogens is 2. The number of hydrogen-bond donors (Lipinski definition) is 1. The van der Waals surface area contributed by atoms with Gasteiger partial charge in [-0.2, -0.15) is 4.98 Å². The van der Waals surface area contributed by atoms with Crippen molar-refractivity contribution >= 4 is 16.9 Å². The van der Waals surface area contributed by atoms with E-state index in [0.717, 1.165) is 37.0 Å².